The van der Waals surface area contributed by atoms with Crippen LogP contribution in [0.2, 0.25) is 0 Å². The van der Waals surface area contributed by atoms with Crippen molar-refractivity contribution in [2.24, 2.45) is 5.41 Å². The molecule has 0 aromatic heterocycles. The van der Waals surface area contributed by atoms with Crippen LogP contribution in [0, 0.1) is 5.41 Å². The molecule has 0 saturated carbocycles. The third-order valence-electron chi connectivity index (χ3n) is 3.69. The van der Waals surface area contributed by atoms with Gasteiger partial charge in [0.15, 0.2) is 9.84 Å². The topological polar surface area (TPSA) is 46.2 Å². The highest BCUT2D eigenvalue weighted by Crippen LogP contribution is 2.23. The minimum Gasteiger partial charge on any atom is -0.313 e. The minimum atomic E-state index is -3.11. The smallest absolute Gasteiger partial charge is 0.178 e. The zero-order chi connectivity index (χ0) is 16.1. The van der Waals surface area contributed by atoms with Crippen molar-refractivity contribution in [1.82, 2.24) is 5.32 Å². The molecule has 0 bridgehead atoms. The summed E-state index contributed by atoms with van der Waals surface area (Å²) in [5.41, 5.74) is 1.34. The van der Waals surface area contributed by atoms with Crippen molar-refractivity contribution in [1.29, 1.82) is 0 Å². The summed E-state index contributed by atoms with van der Waals surface area (Å²) in [6.45, 7) is 11.6. The molecule has 0 aliphatic heterocycles. The molecular weight excluding hydrogens is 282 g/mol. The van der Waals surface area contributed by atoms with Crippen molar-refractivity contribution in [3.63, 3.8) is 0 Å². The summed E-state index contributed by atoms with van der Waals surface area (Å²) < 4.78 is 24.0. The van der Waals surface area contributed by atoms with Gasteiger partial charge in [0.2, 0.25) is 0 Å². The molecule has 0 aliphatic rings. The zero-order valence-corrected chi connectivity index (χ0v) is 14.8. The molecule has 0 spiro atoms. The quantitative estimate of drug-likeness (QED) is 0.839. The van der Waals surface area contributed by atoms with Crippen LogP contribution in [-0.2, 0) is 16.3 Å². The highest BCUT2D eigenvalue weighted by atomic mass is 32.2. The SMILES string of the molecule is CCCS(=O)(=O)c1ccc(CC(NCC)C(C)(C)C)cc1. The van der Waals surface area contributed by atoms with Crippen LogP contribution < -0.4 is 5.32 Å². The normalized spacial score (nSPS) is 14.1. The molecule has 0 heterocycles. The molecule has 1 N–H and O–H groups in total. The van der Waals surface area contributed by atoms with E-state index in [9.17, 15) is 8.42 Å². The summed E-state index contributed by atoms with van der Waals surface area (Å²) in [7, 11) is -3.11. The summed E-state index contributed by atoms with van der Waals surface area (Å²) in [5.74, 6) is 0.217. The van der Waals surface area contributed by atoms with Gasteiger partial charge < -0.3 is 5.32 Å². The van der Waals surface area contributed by atoms with E-state index in [-0.39, 0.29) is 11.2 Å². The largest absolute Gasteiger partial charge is 0.313 e. The second kappa shape index (κ2) is 7.41. The molecule has 1 unspecified atom stereocenters. The first-order valence-corrected chi connectivity index (χ1v) is 9.41. The van der Waals surface area contributed by atoms with Crippen LogP contribution in [0.5, 0.6) is 0 Å². The Balaban J connectivity index is 2.87. The minimum absolute atomic E-state index is 0.170. The first-order chi connectivity index (χ1) is 9.70. The first kappa shape index (κ1) is 18.2. The maximum Gasteiger partial charge on any atom is 0.178 e. The van der Waals surface area contributed by atoms with E-state index in [0.29, 0.717) is 17.4 Å². The maximum absolute atomic E-state index is 12.0. The standard InChI is InChI=1S/C17H29NO2S/c1-6-12-21(19,20)15-10-8-14(9-11-15)13-16(18-7-2)17(3,4)5/h8-11,16,18H,6-7,12-13H2,1-5H3. The van der Waals surface area contributed by atoms with Gasteiger partial charge in [-0.2, -0.15) is 0 Å². The molecule has 0 aliphatic carbocycles. The fourth-order valence-corrected chi connectivity index (χ4v) is 3.71. The van der Waals surface area contributed by atoms with Gasteiger partial charge in [-0.15, -0.1) is 0 Å². The van der Waals surface area contributed by atoms with Crippen molar-refractivity contribution in [2.75, 3.05) is 12.3 Å². The third-order valence-corrected chi connectivity index (χ3v) is 5.63. The lowest BCUT2D eigenvalue weighted by Crippen LogP contribution is -2.41. The Labute approximate surface area is 130 Å². The van der Waals surface area contributed by atoms with E-state index in [1.165, 1.54) is 5.56 Å². The fraction of sp³-hybridized carbons (Fsp3) is 0.647. The van der Waals surface area contributed by atoms with Crippen LogP contribution in [0.15, 0.2) is 29.2 Å². The molecule has 4 heteroatoms. The van der Waals surface area contributed by atoms with Crippen LogP contribution in [0.3, 0.4) is 0 Å². The van der Waals surface area contributed by atoms with Crippen molar-refractivity contribution >= 4 is 9.84 Å². The molecule has 1 aromatic carbocycles. The van der Waals surface area contributed by atoms with Crippen molar-refractivity contribution in [3.8, 4) is 0 Å². The highest BCUT2D eigenvalue weighted by molar-refractivity contribution is 7.91. The molecule has 3 nitrogen and oxygen atoms in total. The molecule has 1 rings (SSSR count). The van der Waals surface area contributed by atoms with Gasteiger partial charge in [-0.05, 0) is 42.5 Å². The number of benzene rings is 1. The predicted octanol–water partition coefficient (Wildman–Crippen LogP) is 3.44. The van der Waals surface area contributed by atoms with Crippen molar-refractivity contribution < 1.29 is 8.42 Å². The van der Waals surface area contributed by atoms with E-state index < -0.39 is 9.84 Å². The molecule has 0 saturated heterocycles. The van der Waals surface area contributed by atoms with Gasteiger partial charge in [0.1, 0.15) is 0 Å². The number of sulfone groups is 1. The summed E-state index contributed by atoms with van der Waals surface area (Å²) in [4.78, 5) is 0.434. The lowest BCUT2D eigenvalue weighted by Gasteiger charge is -2.31. The fourth-order valence-electron chi connectivity index (χ4n) is 2.39. The van der Waals surface area contributed by atoms with Gasteiger partial charge in [0.25, 0.3) is 0 Å². The molecule has 0 amide bonds. The van der Waals surface area contributed by atoms with E-state index in [2.05, 4.69) is 33.0 Å². The lowest BCUT2D eigenvalue weighted by atomic mass is 9.83. The number of hydrogen-bond acceptors (Lipinski definition) is 3. The van der Waals surface area contributed by atoms with Crippen LogP contribution in [-0.4, -0.2) is 26.8 Å². The first-order valence-electron chi connectivity index (χ1n) is 7.75. The van der Waals surface area contributed by atoms with E-state index in [1.807, 2.05) is 19.1 Å². The Morgan fingerprint density at radius 3 is 2.10 bits per heavy atom. The number of likely N-dealkylation sites (N-methyl/N-ethyl adjacent to an activating group) is 1. The van der Waals surface area contributed by atoms with Gasteiger partial charge in [-0.1, -0.05) is 46.8 Å². The second-order valence-corrected chi connectivity index (χ2v) is 8.75. The van der Waals surface area contributed by atoms with Crippen LogP contribution in [0.4, 0.5) is 0 Å². The van der Waals surface area contributed by atoms with E-state index in [4.69, 9.17) is 0 Å². The van der Waals surface area contributed by atoms with Gasteiger partial charge in [-0.25, -0.2) is 8.42 Å². The predicted molar refractivity (Wildman–Crippen MR) is 89.4 cm³/mol. The van der Waals surface area contributed by atoms with Crippen LogP contribution in [0.25, 0.3) is 0 Å². The summed E-state index contributed by atoms with van der Waals surface area (Å²) >= 11 is 0. The summed E-state index contributed by atoms with van der Waals surface area (Å²) in [6.07, 6.45) is 1.56. The highest BCUT2D eigenvalue weighted by Gasteiger charge is 2.24. The number of rotatable bonds is 7. The van der Waals surface area contributed by atoms with E-state index in [1.54, 1.807) is 12.1 Å². The Kier molecular flexibility index (Phi) is 6.41. The van der Waals surface area contributed by atoms with Crippen molar-refractivity contribution in [2.45, 2.75) is 58.4 Å². The maximum atomic E-state index is 12.0. The molecule has 1 aromatic rings. The molecule has 1 atom stereocenters. The molecular formula is C17H29NO2S. The number of nitrogens with one attached hydrogen (secondary N) is 1. The Bertz CT molecular complexity index is 527. The average molecular weight is 311 g/mol. The molecule has 0 radical (unpaired) electrons. The third kappa shape index (κ3) is 5.44. The van der Waals surface area contributed by atoms with Gasteiger partial charge >= 0.3 is 0 Å². The zero-order valence-electron chi connectivity index (χ0n) is 13.9. The van der Waals surface area contributed by atoms with Crippen LogP contribution in [0.1, 0.15) is 46.6 Å². The van der Waals surface area contributed by atoms with Gasteiger partial charge in [-0.3, -0.25) is 0 Å². The van der Waals surface area contributed by atoms with Crippen molar-refractivity contribution in [3.05, 3.63) is 29.8 Å². The lowest BCUT2D eigenvalue weighted by molar-refractivity contribution is 0.270. The average Bonchev–Trinajstić information content (AvgIpc) is 2.37. The Morgan fingerprint density at radius 2 is 1.67 bits per heavy atom. The molecule has 0 fully saturated rings. The molecule has 120 valence electrons. The summed E-state index contributed by atoms with van der Waals surface area (Å²) in [6, 6.07) is 7.75. The Morgan fingerprint density at radius 1 is 1.10 bits per heavy atom. The summed E-state index contributed by atoms with van der Waals surface area (Å²) in [5, 5.41) is 3.52. The van der Waals surface area contributed by atoms with Crippen LogP contribution >= 0.6 is 0 Å². The Hall–Kier alpha value is -0.870. The molecule has 21 heavy (non-hydrogen) atoms. The van der Waals surface area contributed by atoms with E-state index in [0.717, 1.165) is 13.0 Å². The number of hydrogen-bond donors (Lipinski definition) is 1. The van der Waals surface area contributed by atoms with E-state index >= 15 is 0 Å². The second-order valence-electron chi connectivity index (χ2n) is 6.64. The monoisotopic (exact) mass is 311 g/mol. The van der Waals surface area contributed by atoms with Gasteiger partial charge in [0.05, 0.1) is 10.6 Å². The van der Waals surface area contributed by atoms with Gasteiger partial charge in [0, 0.05) is 6.04 Å².